The first-order valence-electron chi connectivity index (χ1n) is 4.01. The number of halogens is 1. The van der Waals surface area contributed by atoms with Crippen LogP contribution in [0.25, 0.3) is 0 Å². The van der Waals surface area contributed by atoms with Gasteiger partial charge in [-0.05, 0) is 28.1 Å². The second-order valence-corrected chi connectivity index (χ2v) is 5.37. The third kappa shape index (κ3) is 1.80. The van der Waals surface area contributed by atoms with E-state index in [1.807, 2.05) is 12.1 Å². The Bertz CT molecular complexity index is 390. The van der Waals surface area contributed by atoms with Crippen molar-refractivity contribution in [3.8, 4) is 0 Å². The van der Waals surface area contributed by atoms with Gasteiger partial charge in [0, 0.05) is 11.4 Å². The molecule has 2 amide bonds. The molecule has 74 valence electrons. The number of rotatable bonds is 1. The van der Waals surface area contributed by atoms with Gasteiger partial charge in [0.1, 0.15) is 0 Å². The molecular formula is C8H7BrN2O2S. The highest BCUT2D eigenvalue weighted by Crippen LogP contribution is 2.27. The van der Waals surface area contributed by atoms with E-state index >= 15 is 0 Å². The van der Waals surface area contributed by atoms with Crippen molar-refractivity contribution in [2.75, 3.05) is 6.54 Å². The molecule has 0 aromatic carbocycles. The molecule has 1 fully saturated rings. The van der Waals surface area contributed by atoms with E-state index in [-0.39, 0.29) is 6.04 Å². The van der Waals surface area contributed by atoms with Crippen LogP contribution in [0.2, 0.25) is 0 Å². The van der Waals surface area contributed by atoms with Crippen LogP contribution in [-0.2, 0) is 9.59 Å². The molecule has 1 unspecified atom stereocenters. The van der Waals surface area contributed by atoms with Gasteiger partial charge in [-0.2, -0.15) is 0 Å². The van der Waals surface area contributed by atoms with Gasteiger partial charge in [0.2, 0.25) is 0 Å². The summed E-state index contributed by atoms with van der Waals surface area (Å²) in [7, 11) is 0. The van der Waals surface area contributed by atoms with Crippen LogP contribution in [0.1, 0.15) is 10.9 Å². The molecule has 1 aliphatic heterocycles. The molecule has 2 heterocycles. The minimum absolute atomic E-state index is 0.100. The van der Waals surface area contributed by atoms with E-state index in [1.54, 1.807) is 11.3 Å². The lowest BCUT2D eigenvalue weighted by Gasteiger charge is -2.22. The average molecular weight is 275 g/mol. The summed E-state index contributed by atoms with van der Waals surface area (Å²) >= 11 is 4.89. The van der Waals surface area contributed by atoms with Gasteiger partial charge < -0.3 is 10.6 Å². The van der Waals surface area contributed by atoms with Crippen molar-refractivity contribution in [1.29, 1.82) is 0 Å². The topological polar surface area (TPSA) is 58.2 Å². The average Bonchev–Trinajstić information content (AvgIpc) is 2.57. The number of thiophene rings is 1. The van der Waals surface area contributed by atoms with Gasteiger partial charge >= 0.3 is 11.8 Å². The summed E-state index contributed by atoms with van der Waals surface area (Å²) in [6, 6.07) is 3.75. The van der Waals surface area contributed by atoms with Crippen LogP contribution in [0, 0.1) is 0 Å². The first-order valence-corrected chi connectivity index (χ1v) is 5.61. The zero-order valence-corrected chi connectivity index (χ0v) is 9.44. The third-order valence-electron chi connectivity index (χ3n) is 1.92. The quantitative estimate of drug-likeness (QED) is 0.745. The number of hydrogen-bond acceptors (Lipinski definition) is 3. The fraction of sp³-hybridized carbons (Fsp3) is 0.250. The molecule has 0 bridgehead atoms. The molecule has 6 heteroatoms. The zero-order valence-electron chi connectivity index (χ0n) is 7.04. The summed E-state index contributed by atoms with van der Waals surface area (Å²) < 4.78 is 1.01. The summed E-state index contributed by atoms with van der Waals surface area (Å²) in [5.41, 5.74) is 0. The Morgan fingerprint density at radius 3 is 2.71 bits per heavy atom. The van der Waals surface area contributed by atoms with Gasteiger partial charge in [-0.25, -0.2) is 0 Å². The zero-order chi connectivity index (χ0) is 10.1. The van der Waals surface area contributed by atoms with Crippen molar-refractivity contribution in [3.63, 3.8) is 0 Å². The molecule has 0 radical (unpaired) electrons. The van der Waals surface area contributed by atoms with Crippen LogP contribution in [0.15, 0.2) is 15.9 Å². The fourth-order valence-electron chi connectivity index (χ4n) is 1.24. The maximum Gasteiger partial charge on any atom is 0.309 e. The lowest BCUT2D eigenvalue weighted by atomic mass is 10.2. The van der Waals surface area contributed by atoms with E-state index in [0.29, 0.717) is 6.54 Å². The van der Waals surface area contributed by atoms with Crippen molar-refractivity contribution in [3.05, 3.63) is 20.8 Å². The predicted octanol–water partition coefficient (Wildman–Crippen LogP) is 0.798. The molecule has 4 nitrogen and oxygen atoms in total. The first-order chi connectivity index (χ1) is 6.66. The van der Waals surface area contributed by atoms with Gasteiger partial charge in [0.05, 0.1) is 9.83 Å². The molecule has 1 aromatic heterocycles. The van der Waals surface area contributed by atoms with Crippen LogP contribution in [0.4, 0.5) is 0 Å². The van der Waals surface area contributed by atoms with Gasteiger partial charge in [0.15, 0.2) is 0 Å². The highest BCUT2D eigenvalue weighted by Gasteiger charge is 2.26. The monoisotopic (exact) mass is 274 g/mol. The lowest BCUT2D eigenvalue weighted by molar-refractivity contribution is -0.141. The van der Waals surface area contributed by atoms with Gasteiger partial charge in [-0.3, -0.25) is 9.59 Å². The molecule has 1 saturated heterocycles. The van der Waals surface area contributed by atoms with E-state index in [9.17, 15) is 9.59 Å². The van der Waals surface area contributed by atoms with Crippen LogP contribution in [-0.4, -0.2) is 18.4 Å². The Hall–Kier alpha value is -0.880. The molecule has 1 atom stereocenters. The molecule has 0 spiro atoms. The van der Waals surface area contributed by atoms with E-state index in [2.05, 4.69) is 26.6 Å². The van der Waals surface area contributed by atoms with Crippen LogP contribution >= 0.6 is 27.3 Å². The van der Waals surface area contributed by atoms with E-state index < -0.39 is 11.8 Å². The van der Waals surface area contributed by atoms with Gasteiger partial charge in [-0.1, -0.05) is 0 Å². The Labute approximate surface area is 92.8 Å². The standard InChI is InChI=1S/C8H7BrN2O2S/c9-6-2-1-5(14-6)4-3-10-7(12)8(13)11-4/h1-2,4H,3H2,(H,10,12)(H,11,13). The SMILES string of the molecule is O=C1NCC(c2ccc(Br)s2)NC1=O. The number of hydrogen-bond donors (Lipinski definition) is 2. The number of carbonyl (C=O) groups is 2. The highest BCUT2D eigenvalue weighted by atomic mass is 79.9. The van der Waals surface area contributed by atoms with Gasteiger partial charge in [0.25, 0.3) is 0 Å². The van der Waals surface area contributed by atoms with Gasteiger partial charge in [-0.15, -0.1) is 11.3 Å². The molecule has 14 heavy (non-hydrogen) atoms. The normalized spacial score (nSPS) is 21.6. The summed E-state index contributed by atoms with van der Waals surface area (Å²) in [6.45, 7) is 0.456. The number of carbonyl (C=O) groups excluding carboxylic acids is 2. The number of nitrogens with one attached hydrogen (secondary N) is 2. The van der Waals surface area contributed by atoms with Crippen LogP contribution < -0.4 is 10.6 Å². The smallest absolute Gasteiger partial charge is 0.309 e. The van der Waals surface area contributed by atoms with Crippen molar-refractivity contribution < 1.29 is 9.59 Å². The second-order valence-electron chi connectivity index (χ2n) is 2.88. The summed E-state index contributed by atoms with van der Waals surface area (Å²) in [5.74, 6) is -1.12. The van der Waals surface area contributed by atoms with Crippen molar-refractivity contribution in [2.24, 2.45) is 0 Å². The molecule has 1 aliphatic rings. The molecular weight excluding hydrogens is 268 g/mol. The minimum atomic E-state index is -0.564. The molecule has 1 aromatic rings. The minimum Gasteiger partial charge on any atom is -0.345 e. The highest BCUT2D eigenvalue weighted by molar-refractivity contribution is 9.11. The van der Waals surface area contributed by atoms with Crippen LogP contribution in [0.5, 0.6) is 0 Å². The Kier molecular flexibility index (Phi) is 2.56. The first kappa shape index (κ1) is 9.67. The van der Waals surface area contributed by atoms with Crippen molar-refractivity contribution in [2.45, 2.75) is 6.04 Å². The fourth-order valence-corrected chi connectivity index (χ4v) is 2.71. The van der Waals surface area contributed by atoms with Crippen molar-refractivity contribution >= 4 is 39.1 Å². The van der Waals surface area contributed by atoms with Crippen molar-refractivity contribution in [1.82, 2.24) is 10.6 Å². The maximum atomic E-state index is 11.1. The molecule has 2 N–H and O–H groups in total. The summed E-state index contributed by atoms with van der Waals surface area (Å²) in [5, 5.41) is 5.16. The summed E-state index contributed by atoms with van der Waals surface area (Å²) in [6.07, 6.45) is 0. The Balaban J connectivity index is 2.14. The van der Waals surface area contributed by atoms with Crippen LogP contribution in [0.3, 0.4) is 0 Å². The maximum absolute atomic E-state index is 11.1. The lowest BCUT2D eigenvalue weighted by Crippen LogP contribution is -2.51. The van der Waals surface area contributed by atoms with E-state index in [1.165, 1.54) is 0 Å². The molecule has 0 saturated carbocycles. The van der Waals surface area contributed by atoms with E-state index in [0.717, 1.165) is 8.66 Å². The Morgan fingerprint density at radius 2 is 2.14 bits per heavy atom. The summed E-state index contributed by atoms with van der Waals surface area (Å²) in [4.78, 5) is 22.9. The predicted molar refractivity (Wildman–Crippen MR) is 55.9 cm³/mol. The third-order valence-corrected chi connectivity index (χ3v) is 3.65. The molecule has 0 aliphatic carbocycles. The molecule has 2 rings (SSSR count). The number of piperazine rings is 1. The number of amides is 2. The Morgan fingerprint density at radius 1 is 1.36 bits per heavy atom. The van der Waals surface area contributed by atoms with E-state index in [4.69, 9.17) is 0 Å². The second kappa shape index (κ2) is 3.70. The largest absolute Gasteiger partial charge is 0.345 e.